The van der Waals surface area contributed by atoms with Crippen molar-refractivity contribution in [3.63, 3.8) is 0 Å². The van der Waals surface area contributed by atoms with E-state index < -0.39 is 0 Å². The Labute approximate surface area is 110 Å². The number of nitrogens with zero attached hydrogens (tertiary/aromatic N) is 3. The molecule has 2 N–H and O–H groups in total. The Bertz CT molecular complexity index is 531. The van der Waals surface area contributed by atoms with Gasteiger partial charge in [0, 0.05) is 37.8 Å². The molecule has 1 fully saturated rings. The first-order valence-corrected chi connectivity index (χ1v) is 7.13. The highest BCUT2D eigenvalue weighted by atomic mass is 32.1. The Kier molecular flexibility index (Phi) is 3.23. The normalized spacial score (nSPS) is 15.4. The van der Waals surface area contributed by atoms with E-state index in [1.165, 1.54) is 12.8 Å². The molecule has 3 rings (SSSR count). The number of methoxy groups -OCH3 is 1. The molecule has 2 aromatic heterocycles. The number of hydrogen-bond acceptors (Lipinski definition) is 5. The monoisotopic (exact) mass is 266 g/mol. The number of aromatic nitrogens is 2. The van der Waals surface area contributed by atoms with Crippen LogP contribution >= 0.6 is 11.3 Å². The molecular weight excluding hydrogens is 248 g/mol. The molecule has 2 heterocycles. The fraction of sp³-hybridized carbons (Fsp3) is 0.583. The van der Waals surface area contributed by atoms with Gasteiger partial charge in [-0.3, -0.25) is 4.40 Å². The second kappa shape index (κ2) is 4.87. The lowest BCUT2D eigenvalue weighted by Crippen LogP contribution is -2.31. The lowest BCUT2D eigenvalue weighted by molar-refractivity contribution is 0.204. The molecule has 0 bridgehead atoms. The molecule has 0 amide bonds. The highest BCUT2D eigenvalue weighted by molar-refractivity contribution is 7.15. The van der Waals surface area contributed by atoms with Crippen LogP contribution in [0.2, 0.25) is 0 Å². The van der Waals surface area contributed by atoms with Crippen LogP contribution in [-0.2, 0) is 11.3 Å². The van der Waals surface area contributed by atoms with E-state index in [1.54, 1.807) is 18.4 Å². The second-order valence-corrected chi connectivity index (χ2v) is 5.43. The van der Waals surface area contributed by atoms with E-state index in [2.05, 4.69) is 9.30 Å². The lowest BCUT2D eigenvalue weighted by atomic mass is 10.3. The highest BCUT2D eigenvalue weighted by Crippen LogP contribution is 2.34. The van der Waals surface area contributed by atoms with Gasteiger partial charge in [0.1, 0.15) is 0 Å². The van der Waals surface area contributed by atoms with Crippen molar-refractivity contribution in [2.45, 2.75) is 25.4 Å². The average molecular weight is 266 g/mol. The molecule has 0 unspecified atom stereocenters. The number of nitrogens with two attached hydrogens (primary N) is 1. The van der Waals surface area contributed by atoms with Crippen molar-refractivity contribution in [1.29, 1.82) is 0 Å². The van der Waals surface area contributed by atoms with Crippen molar-refractivity contribution < 1.29 is 4.74 Å². The number of imidazole rings is 1. The third kappa shape index (κ3) is 2.00. The van der Waals surface area contributed by atoms with Crippen molar-refractivity contribution in [2.75, 3.05) is 25.2 Å². The Morgan fingerprint density at radius 2 is 2.44 bits per heavy atom. The fourth-order valence-electron chi connectivity index (χ4n) is 2.28. The first-order valence-electron chi connectivity index (χ1n) is 6.25. The van der Waals surface area contributed by atoms with Crippen molar-refractivity contribution in [2.24, 2.45) is 5.73 Å². The molecule has 5 nitrogen and oxygen atoms in total. The summed E-state index contributed by atoms with van der Waals surface area (Å²) in [7, 11) is 1.74. The molecule has 1 aliphatic rings. The summed E-state index contributed by atoms with van der Waals surface area (Å²) < 4.78 is 7.30. The van der Waals surface area contributed by atoms with E-state index in [4.69, 9.17) is 15.5 Å². The van der Waals surface area contributed by atoms with Crippen LogP contribution in [0.25, 0.3) is 4.96 Å². The third-order valence-electron chi connectivity index (χ3n) is 3.33. The highest BCUT2D eigenvalue weighted by Gasteiger charge is 2.32. The van der Waals surface area contributed by atoms with Crippen LogP contribution in [-0.4, -0.2) is 35.7 Å². The Hall–Kier alpha value is -1.11. The smallest absolute Gasteiger partial charge is 0.195 e. The number of ether oxygens (including phenoxy) is 1. The Morgan fingerprint density at radius 3 is 3.11 bits per heavy atom. The number of rotatable bonds is 6. The summed E-state index contributed by atoms with van der Waals surface area (Å²) in [5, 5.41) is 2.04. The predicted octanol–water partition coefficient (Wildman–Crippen LogP) is 1.47. The number of hydrogen-bond donors (Lipinski definition) is 1. The van der Waals surface area contributed by atoms with Gasteiger partial charge in [-0.25, -0.2) is 4.98 Å². The minimum absolute atomic E-state index is 0.517. The molecule has 0 spiro atoms. The molecule has 0 saturated heterocycles. The Balaban J connectivity index is 1.96. The quantitative estimate of drug-likeness (QED) is 0.860. The maximum Gasteiger partial charge on any atom is 0.195 e. The number of anilines is 1. The summed E-state index contributed by atoms with van der Waals surface area (Å²) in [6.07, 6.45) is 4.54. The van der Waals surface area contributed by atoms with Gasteiger partial charge in [-0.15, -0.1) is 11.3 Å². The molecule has 98 valence electrons. The molecule has 0 radical (unpaired) electrons. The van der Waals surface area contributed by atoms with Gasteiger partial charge in [-0.05, 0) is 12.8 Å². The molecule has 0 aliphatic heterocycles. The summed E-state index contributed by atoms with van der Waals surface area (Å²) in [6.45, 7) is 2.13. The SMILES string of the molecule is COCCN(c1nc2sccn2c1CN)C1CC1. The van der Waals surface area contributed by atoms with Gasteiger partial charge >= 0.3 is 0 Å². The minimum atomic E-state index is 0.517. The van der Waals surface area contributed by atoms with Crippen molar-refractivity contribution in [3.8, 4) is 0 Å². The van der Waals surface area contributed by atoms with Gasteiger partial charge in [0.2, 0.25) is 0 Å². The van der Waals surface area contributed by atoms with Gasteiger partial charge in [0.15, 0.2) is 10.8 Å². The van der Waals surface area contributed by atoms with E-state index in [1.807, 2.05) is 11.6 Å². The fourth-order valence-corrected chi connectivity index (χ4v) is 3.01. The molecular formula is C12H18N4OS. The van der Waals surface area contributed by atoms with Gasteiger partial charge in [0.05, 0.1) is 12.3 Å². The third-order valence-corrected chi connectivity index (χ3v) is 4.09. The largest absolute Gasteiger partial charge is 0.383 e. The van der Waals surface area contributed by atoms with Crippen LogP contribution in [0.15, 0.2) is 11.6 Å². The molecule has 18 heavy (non-hydrogen) atoms. The van der Waals surface area contributed by atoms with Crippen LogP contribution in [0, 0.1) is 0 Å². The van der Waals surface area contributed by atoms with Gasteiger partial charge in [-0.2, -0.15) is 0 Å². The molecule has 2 aromatic rings. The molecule has 1 aliphatic carbocycles. The lowest BCUT2D eigenvalue weighted by Gasteiger charge is -2.22. The van der Waals surface area contributed by atoms with Crippen molar-refractivity contribution in [3.05, 3.63) is 17.3 Å². The van der Waals surface area contributed by atoms with Gasteiger partial charge in [0.25, 0.3) is 0 Å². The summed E-state index contributed by atoms with van der Waals surface area (Å²) in [4.78, 5) is 8.10. The first kappa shape index (κ1) is 12.0. The van der Waals surface area contributed by atoms with Crippen LogP contribution < -0.4 is 10.6 Å². The average Bonchev–Trinajstić information content (AvgIpc) is 3.00. The minimum Gasteiger partial charge on any atom is -0.383 e. The van der Waals surface area contributed by atoms with Crippen molar-refractivity contribution in [1.82, 2.24) is 9.38 Å². The zero-order valence-corrected chi connectivity index (χ0v) is 11.3. The van der Waals surface area contributed by atoms with Crippen LogP contribution in [0.1, 0.15) is 18.5 Å². The maximum atomic E-state index is 5.89. The topological polar surface area (TPSA) is 55.8 Å². The zero-order chi connectivity index (χ0) is 12.5. The van der Waals surface area contributed by atoms with E-state index >= 15 is 0 Å². The zero-order valence-electron chi connectivity index (χ0n) is 10.5. The summed E-state index contributed by atoms with van der Waals surface area (Å²) in [5.74, 6) is 1.05. The van der Waals surface area contributed by atoms with Crippen LogP contribution in [0.3, 0.4) is 0 Å². The van der Waals surface area contributed by atoms with E-state index in [-0.39, 0.29) is 0 Å². The first-order chi connectivity index (χ1) is 8.85. The van der Waals surface area contributed by atoms with Gasteiger partial charge in [-0.1, -0.05) is 0 Å². The predicted molar refractivity (Wildman–Crippen MR) is 73.2 cm³/mol. The van der Waals surface area contributed by atoms with Crippen LogP contribution in [0.5, 0.6) is 0 Å². The van der Waals surface area contributed by atoms with Gasteiger partial charge < -0.3 is 15.4 Å². The van der Waals surface area contributed by atoms with E-state index in [0.717, 1.165) is 29.6 Å². The standard InChI is InChI=1S/C12H18N4OS/c1-17-6-4-15(9-2-3-9)11-10(8-13)16-5-7-18-12(16)14-11/h5,7,9H,2-4,6,8,13H2,1H3. The molecule has 6 heteroatoms. The second-order valence-electron chi connectivity index (χ2n) is 4.56. The summed E-state index contributed by atoms with van der Waals surface area (Å²) in [6, 6.07) is 0.620. The summed E-state index contributed by atoms with van der Waals surface area (Å²) in [5.41, 5.74) is 7.00. The maximum absolute atomic E-state index is 5.89. The summed E-state index contributed by atoms with van der Waals surface area (Å²) >= 11 is 1.65. The molecule has 1 saturated carbocycles. The van der Waals surface area contributed by atoms with Crippen molar-refractivity contribution >= 4 is 22.1 Å². The van der Waals surface area contributed by atoms with Crippen LogP contribution in [0.4, 0.5) is 5.82 Å². The van der Waals surface area contributed by atoms with E-state index in [9.17, 15) is 0 Å². The Morgan fingerprint density at radius 1 is 1.61 bits per heavy atom. The molecule has 0 atom stereocenters. The van der Waals surface area contributed by atoms with E-state index in [0.29, 0.717) is 12.6 Å². The number of fused-ring (bicyclic) bond motifs is 1. The molecule has 0 aromatic carbocycles. The number of thiazole rings is 1.